The Kier molecular flexibility index (Phi) is 4.32. The highest BCUT2D eigenvalue weighted by molar-refractivity contribution is 7.22. The molecule has 4 rings (SSSR count). The molecule has 0 unspecified atom stereocenters. The van der Waals surface area contributed by atoms with Gasteiger partial charge in [0, 0.05) is 18.2 Å². The van der Waals surface area contributed by atoms with Crippen LogP contribution in [0.4, 0.5) is 13.9 Å². The van der Waals surface area contributed by atoms with Crippen molar-refractivity contribution in [3.8, 4) is 11.3 Å². The van der Waals surface area contributed by atoms with Gasteiger partial charge in [-0.3, -0.25) is 10.1 Å². The first-order chi connectivity index (χ1) is 13.0. The molecule has 1 aromatic carbocycles. The summed E-state index contributed by atoms with van der Waals surface area (Å²) in [7, 11) is 1.61. The second kappa shape index (κ2) is 6.80. The van der Waals surface area contributed by atoms with Gasteiger partial charge in [-0.25, -0.2) is 28.4 Å². The van der Waals surface area contributed by atoms with Gasteiger partial charge in [-0.05, 0) is 12.1 Å². The van der Waals surface area contributed by atoms with Crippen LogP contribution in [0.1, 0.15) is 22.6 Å². The van der Waals surface area contributed by atoms with Gasteiger partial charge in [-0.15, -0.1) is 0 Å². The molecule has 0 bridgehead atoms. The Morgan fingerprint density at radius 1 is 1.19 bits per heavy atom. The van der Waals surface area contributed by atoms with Crippen LogP contribution in [0.15, 0.2) is 42.7 Å². The molecule has 0 atom stereocenters. The summed E-state index contributed by atoms with van der Waals surface area (Å²) >= 11 is 1.15. The lowest BCUT2D eigenvalue weighted by Crippen LogP contribution is -2.17. The number of carbonyl (C=O) groups is 1. The fraction of sp³-hybridized carbons (Fsp3) is 0.118. The molecule has 4 aromatic rings. The van der Waals surface area contributed by atoms with Crippen LogP contribution in [0.25, 0.3) is 21.6 Å². The van der Waals surface area contributed by atoms with Gasteiger partial charge < -0.3 is 0 Å². The van der Waals surface area contributed by atoms with E-state index in [2.05, 4.69) is 25.4 Å². The summed E-state index contributed by atoms with van der Waals surface area (Å²) in [4.78, 5) is 25.4. The van der Waals surface area contributed by atoms with E-state index in [-0.39, 0.29) is 11.4 Å². The molecule has 7 nitrogen and oxygen atoms in total. The summed E-state index contributed by atoms with van der Waals surface area (Å²) in [6.07, 6.45) is -1.32. The van der Waals surface area contributed by atoms with Crippen molar-refractivity contribution >= 4 is 32.7 Å². The van der Waals surface area contributed by atoms with Gasteiger partial charge in [0.1, 0.15) is 16.7 Å². The number of carbonyl (C=O) groups excluding carboxylic acids is 1. The van der Waals surface area contributed by atoms with Crippen LogP contribution < -0.4 is 5.32 Å². The molecule has 0 saturated carbocycles. The van der Waals surface area contributed by atoms with Crippen molar-refractivity contribution in [3.05, 3.63) is 54.1 Å². The van der Waals surface area contributed by atoms with Crippen molar-refractivity contribution in [3.63, 3.8) is 0 Å². The maximum absolute atomic E-state index is 13.2. The third kappa shape index (κ3) is 3.26. The number of fused-ring (bicyclic) bond motifs is 1. The van der Waals surface area contributed by atoms with E-state index in [9.17, 15) is 13.6 Å². The maximum Gasteiger partial charge on any atom is 0.294 e. The smallest absolute Gasteiger partial charge is 0.294 e. The zero-order chi connectivity index (χ0) is 19.0. The van der Waals surface area contributed by atoms with Crippen molar-refractivity contribution in [1.29, 1.82) is 0 Å². The largest absolute Gasteiger partial charge is 0.295 e. The zero-order valence-corrected chi connectivity index (χ0v) is 14.7. The predicted molar refractivity (Wildman–Crippen MR) is 96.8 cm³/mol. The molecule has 0 fully saturated rings. The number of amides is 1. The number of pyridine rings is 1. The Morgan fingerprint density at radius 3 is 2.74 bits per heavy atom. The standard InChI is InChI=1S/C17H12F2N6OS/c1-25-14(20-8-21-25)15(26)24-17-23-12-7-6-11(22-16(12)27-17)9-4-2-3-5-10(9)13(18)19/h2-8,13H,1H3,(H,23,24,26). The number of aryl methyl sites for hydroxylation is 1. The number of halogens is 2. The Hall–Kier alpha value is -3.27. The highest BCUT2D eigenvalue weighted by Gasteiger charge is 2.17. The Bertz CT molecular complexity index is 1140. The van der Waals surface area contributed by atoms with E-state index >= 15 is 0 Å². The second-order valence-electron chi connectivity index (χ2n) is 5.59. The number of hydrogen-bond acceptors (Lipinski definition) is 6. The van der Waals surface area contributed by atoms with Crippen LogP contribution in [-0.4, -0.2) is 30.6 Å². The number of benzene rings is 1. The second-order valence-corrected chi connectivity index (χ2v) is 6.57. The SMILES string of the molecule is Cn1ncnc1C(=O)Nc1nc2ccc(-c3ccccc3C(F)F)nc2s1. The molecule has 1 amide bonds. The Morgan fingerprint density at radius 2 is 2.00 bits per heavy atom. The summed E-state index contributed by atoms with van der Waals surface area (Å²) in [5.41, 5.74) is 1.27. The average Bonchev–Trinajstić information content (AvgIpc) is 3.26. The van der Waals surface area contributed by atoms with Crippen LogP contribution in [0.5, 0.6) is 0 Å². The summed E-state index contributed by atoms with van der Waals surface area (Å²) < 4.78 is 27.8. The van der Waals surface area contributed by atoms with Crippen molar-refractivity contribution < 1.29 is 13.6 Å². The van der Waals surface area contributed by atoms with Crippen molar-refractivity contribution in [2.75, 3.05) is 5.32 Å². The van der Waals surface area contributed by atoms with Crippen LogP contribution in [0, 0.1) is 0 Å². The average molecular weight is 386 g/mol. The van der Waals surface area contributed by atoms with Gasteiger partial charge in [0.25, 0.3) is 12.3 Å². The highest BCUT2D eigenvalue weighted by atomic mass is 32.1. The van der Waals surface area contributed by atoms with E-state index in [1.54, 1.807) is 37.4 Å². The van der Waals surface area contributed by atoms with E-state index < -0.39 is 12.3 Å². The monoisotopic (exact) mass is 386 g/mol. The molecule has 0 radical (unpaired) electrons. The fourth-order valence-electron chi connectivity index (χ4n) is 2.60. The number of rotatable bonds is 4. The van der Waals surface area contributed by atoms with Crippen molar-refractivity contribution in [1.82, 2.24) is 24.7 Å². The van der Waals surface area contributed by atoms with E-state index in [0.717, 1.165) is 11.3 Å². The van der Waals surface area contributed by atoms with E-state index in [4.69, 9.17) is 0 Å². The molecular weight excluding hydrogens is 374 g/mol. The molecular formula is C17H12F2N6OS. The van der Waals surface area contributed by atoms with Gasteiger partial charge in [-0.2, -0.15) is 5.10 Å². The zero-order valence-electron chi connectivity index (χ0n) is 13.9. The number of alkyl halides is 2. The predicted octanol–water partition coefficient (Wildman–Crippen LogP) is 3.68. The topological polar surface area (TPSA) is 85.6 Å². The number of thiazole rings is 1. The fourth-order valence-corrected chi connectivity index (χ4v) is 3.43. The summed E-state index contributed by atoms with van der Waals surface area (Å²) in [6, 6.07) is 9.56. The number of nitrogens with one attached hydrogen (secondary N) is 1. The highest BCUT2D eigenvalue weighted by Crippen LogP contribution is 2.32. The molecule has 1 N–H and O–H groups in total. The minimum atomic E-state index is -2.60. The normalized spacial score (nSPS) is 11.3. The molecule has 0 saturated heterocycles. The van der Waals surface area contributed by atoms with Gasteiger partial charge in [-0.1, -0.05) is 35.6 Å². The van der Waals surface area contributed by atoms with Crippen LogP contribution >= 0.6 is 11.3 Å². The van der Waals surface area contributed by atoms with Gasteiger partial charge in [0.15, 0.2) is 5.13 Å². The molecule has 136 valence electrons. The molecule has 0 aliphatic heterocycles. The maximum atomic E-state index is 13.2. The quantitative estimate of drug-likeness (QED) is 0.578. The van der Waals surface area contributed by atoms with Gasteiger partial charge >= 0.3 is 0 Å². The summed E-state index contributed by atoms with van der Waals surface area (Å²) in [5.74, 6) is -0.300. The number of anilines is 1. The number of nitrogens with zero attached hydrogens (tertiary/aromatic N) is 5. The van der Waals surface area contributed by atoms with E-state index in [1.165, 1.54) is 17.1 Å². The lowest BCUT2D eigenvalue weighted by molar-refractivity contribution is 0.101. The minimum Gasteiger partial charge on any atom is -0.295 e. The molecule has 0 aliphatic carbocycles. The molecule has 27 heavy (non-hydrogen) atoms. The molecule has 3 aromatic heterocycles. The van der Waals surface area contributed by atoms with Gasteiger partial charge in [0.2, 0.25) is 5.82 Å². The molecule has 0 spiro atoms. The first-order valence-electron chi connectivity index (χ1n) is 7.83. The first-order valence-corrected chi connectivity index (χ1v) is 8.65. The molecule has 3 heterocycles. The third-order valence-corrected chi connectivity index (χ3v) is 4.74. The van der Waals surface area contributed by atoms with Crippen LogP contribution in [-0.2, 0) is 7.05 Å². The Labute approximate surface area is 155 Å². The van der Waals surface area contributed by atoms with E-state index in [1.807, 2.05) is 0 Å². The van der Waals surface area contributed by atoms with Crippen LogP contribution in [0.2, 0.25) is 0 Å². The Balaban J connectivity index is 1.67. The first kappa shape index (κ1) is 17.2. The summed E-state index contributed by atoms with van der Waals surface area (Å²) in [6.45, 7) is 0. The third-order valence-electron chi connectivity index (χ3n) is 3.86. The van der Waals surface area contributed by atoms with Gasteiger partial charge in [0.05, 0.1) is 5.69 Å². The summed E-state index contributed by atoms with van der Waals surface area (Å²) in [5, 5.41) is 6.83. The lowest BCUT2D eigenvalue weighted by Gasteiger charge is -2.07. The van der Waals surface area contributed by atoms with Crippen LogP contribution in [0.3, 0.4) is 0 Å². The minimum absolute atomic E-state index is 0.0790. The molecule has 0 aliphatic rings. The van der Waals surface area contributed by atoms with E-state index in [0.29, 0.717) is 26.7 Å². The molecule has 10 heteroatoms. The lowest BCUT2D eigenvalue weighted by atomic mass is 10.0. The van der Waals surface area contributed by atoms with Crippen molar-refractivity contribution in [2.24, 2.45) is 7.05 Å². The number of hydrogen-bond donors (Lipinski definition) is 1. The number of aromatic nitrogens is 5. The van der Waals surface area contributed by atoms with Crippen molar-refractivity contribution in [2.45, 2.75) is 6.43 Å².